The smallest absolute Gasteiger partial charge is 0.0729 e. The number of aliphatic imine (C=N–C) groups is 1. The van der Waals surface area contributed by atoms with Gasteiger partial charge in [0.2, 0.25) is 0 Å². The Hall–Kier alpha value is -1.02. The maximum absolute atomic E-state index is 4.57. The lowest BCUT2D eigenvalue weighted by atomic mass is 10.1. The minimum absolute atomic E-state index is 0.0942. The van der Waals surface area contributed by atoms with Crippen molar-refractivity contribution in [3.63, 3.8) is 0 Å². The molecule has 0 saturated heterocycles. The van der Waals surface area contributed by atoms with Gasteiger partial charge in [0.05, 0.1) is 10.7 Å². The summed E-state index contributed by atoms with van der Waals surface area (Å²) in [5.74, 6) is 0.0942. The number of thioether (sulfide) groups is 1. The molecule has 0 aromatic rings. The Morgan fingerprint density at radius 2 is 1.93 bits per heavy atom. The zero-order valence-corrected chi connectivity index (χ0v) is 10.4. The van der Waals surface area contributed by atoms with E-state index in [0.717, 1.165) is 17.2 Å². The van der Waals surface area contributed by atoms with Crippen LogP contribution in [0.25, 0.3) is 0 Å². The SMILES string of the molecule is C=C/C=C(\N=C(CC)SC)C(C=C)C=C. The lowest BCUT2D eigenvalue weighted by Gasteiger charge is -2.09. The van der Waals surface area contributed by atoms with Crippen LogP contribution in [-0.2, 0) is 0 Å². The average molecular weight is 221 g/mol. The summed E-state index contributed by atoms with van der Waals surface area (Å²) in [6, 6.07) is 0. The fraction of sp³-hybridized carbons (Fsp3) is 0.308. The van der Waals surface area contributed by atoms with Crippen LogP contribution < -0.4 is 0 Å². The molecule has 0 aliphatic heterocycles. The fourth-order valence-electron chi connectivity index (χ4n) is 1.09. The van der Waals surface area contributed by atoms with Gasteiger partial charge in [0.15, 0.2) is 0 Å². The van der Waals surface area contributed by atoms with Crippen molar-refractivity contribution in [3.8, 4) is 0 Å². The van der Waals surface area contributed by atoms with Crippen LogP contribution in [0, 0.1) is 5.92 Å². The van der Waals surface area contributed by atoms with Crippen molar-refractivity contribution in [2.75, 3.05) is 6.26 Å². The van der Waals surface area contributed by atoms with E-state index < -0.39 is 0 Å². The number of hydrogen-bond acceptors (Lipinski definition) is 2. The summed E-state index contributed by atoms with van der Waals surface area (Å²) in [4.78, 5) is 4.57. The molecule has 0 saturated carbocycles. The normalized spacial score (nSPS) is 12.7. The summed E-state index contributed by atoms with van der Waals surface area (Å²) in [6.07, 6.45) is 10.3. The second kappa shape index (κ2) is 8.30. The first-order chi connectivity index (χ1) is 7.23. The van der Waals surface area contributed by atoms with Gasteiger partial charge in [0.25, 0.3) is 0 Å². The fourth-order valence-corrected chi connectivity index (χ4v) is 1.58. The molecule has 0 heterocycles. The molecule has 82 valence electrons. The molecular weight excluding hydrogens is 202 g/mol. The van der Waals surface area contributed by atoms with Gasteiger partial charge in [0.1, 0.15) is 0 Å². The summed E-state index contributed by atoms with van der Waals surface area (Å²) in [6.45, 7) is 13.3. The van der Waals surface area contributed by atoms with Crippen molar-refractivity contribution in [1.82, 2.24) is 0 Å². The molecule has 2 heteroatoms. The zero-order chi connectivity index (χ0) is 11.7. The summed E-state index contributed by atoms with van der Waals surface area (Å²) in [5, 5.41) is 1.11. The molecule has 0 bridgehead atoms. The molecule has 0 aliphatic rings. The summed E-state index contributed by atoms with van der Waals surface area (Å²) < 4.78 is 0. The van der Waals surface area contributed by atoms with Crippen molar-refractivity contribution in [2.24, 2.45) is 10.9 Å². The van der Waals surface area contributed by atoms with Crippen LogP contribution in [0.1, 0.15) is 13.3 Å². The van der Waals surface area contributed by atoms with E-state index in [-0.39, 0.29) is 5.92 Å². The van der Waals surface area contributed by atoms with Gasteiger partial charge in [-0.25, -0.2) is 0 Å². The van der Waals surface area contributed by atoms with E-state index in [1.807, 2.05) is 24.5 Å². The number of allylic oxidation sites excluding steroid dienone is 3. The predicted octanol–water partition coefficient (Wildman–Crippen LogP) is 4.22. The maximum Gasteiger partial charge on any atom is 0.0729 e. The number of rotatable bonds is 6. The lowest BCUT2D eigenvalue weighted by Crippen LogP contribution is -1.98. The van der Waals surface area contributed by atoms with E-state index in [0.29, 0.717) is 0 Å². The van der Waals surface area contributed by atoms with Gasteiger partial charge in [-0.1, -0.05) is 31.7 Å². The van der Waals surface area contributed by atoms with E-state index >= 15 is 0 Å². The van der Waals surface area contributed by atoms with Crippen molar-refractivity contribution in [1.29, 1.82) is 0 Å². The van der Waals surface area contributed by atoms with Crippen LogP contribution in [0.2, 0.25) is 0 Å². The van der Waals surface area contributed by atoms with E-state index in [4.69, 9.17) is 0 Å². The Labute approximate surface area is 97.4 Å². The third-order valence-corrected chi connectivity index (χ3v) is 2.78. The molecule has 0 aliphatic carbocycles. The molecule has 15 heavy (non-hydrogen) atoms. The molecule has 0 fully saturated rings. The van der Waals surface area contributed by atoms with Gasteiger partial charge in [-0.05, 0) is 18.8 Å². The highest BCUT2D eigenvalue weighted by Crippen LogP contribution is 2.18. The number of nitrogens with zero attached hydrogens (tertiary/aromatic N) is 1. The van der Waals surface area contributed by atoms with Crippen molar-refractivity contribution in [2.45, 2.75) is 13.3 Å². The Bertz CT molecular complexity index is 273. The van der Waals surface area contributed by atoms with E-state index in [2.05, 4.69) is 31.7 Å². The maximum atomic E-state index is 4.57. The van der Waals surface area contributed by atoms with Crippen molar-refractivity contribution in [3.05, 3.63) is 49.7 Å². The van der Waals surface area contributed by atoms with Gasteiger partial charge >= 0.3 is 0 Å². The molecule has 1 nitrogen and oxygen atoms in total. The number of hydrogen-bond donors (Lipinski definition) is 0. The first-order valence-corrected chi connectivity index (χ1v) is 6.15. The van der Waals surface area contributed by atoms with Crippen LogP contribution in [0.3, 0.4) is 0 Å². The molecule has 0 N–H and O–H groups in total. The Kier molecular flexibility index (Phi) is 7.74. The second-order valence-corrected chi connectivity index (χ2v) is 3.77. The van der Waals surface area contributed by atoms with Gasteiger partial charge in [-0.3, -0.25) is 4.99 Å². The summed E-state index contributed by atoms with van der Waals surface area (Å²) >= 11 is 1.67. The van der Waals surface area contributed by atoms with Crippen molar-refractivity contribution >= 4 is 16.8 Å². The van der Waals surface area contributed by atoms with Gasteiger partial charge < -0.3 is 0 Å². The Balaban J connectivity index is 5.05. The molecule has 0 atom stereocenters. The molecule has 0 aromatic heterocycles. The second-order valence-electron chi connectivity index (χ2n) is 2.89. The first kappa shape index (κ1) is 14.0. The van der Waals surface area contributed by atoms with Gasteiger partial charge in [-0.15, -0.1) is 24.9 Å². The Morgan fingerprint density at radius 3 is 2.27 bits per heavy atom. The van der Waals surface area contributed by atoms with Crippen LogP contribution in [-0.4, -0.2) is 11.3 Å². The van der Waals surface area contributed by atoms with Gasteiger partial charge in [0, 0.05) is 5.92 Å². The standard InChI is InChI=1S/C13H19NS/c1-6-10-12(11(7-2)8-3)14-13(9-4)15-5/h6-8,10-11H,1-3,9H2,4-5H3/b12-10-,14-13?. The minimum atomic E-state index is 0.0942. The molecule has 0 spiro atoms. The highest BCUT2D eigenvalue weighted by Gasteiger charge is 2.05. The summed E-state index contributed by atoms with van der Waals surface area (Å²) in [7, 11) is 0. The monoisotopic (exact) mass is 221 g/mol. The third kappa shape index (κ3) is 4.84. The molecular formula is C13H19NS. The van der Waals surface area contributed by atoms with Crippen LogP contribution >= 0.6 is 11.8 Å². The molecule has 0 amide bonds. The zero-order valence-electron chi connectivity index (χ0n) is 9.57. The van der Waals surface area contributed by atoms with Crippen LogP contribution in [0.15, 0.2) is 54.7 Å². The largest absolute Gasteiger partial charge is 0.250 e. The van der Waals surface area contributed by atoms with E-state index in [1.165, 1.54) is 0 Å². The highest BCUT2D eigenvalue weighted by molar-refractivity contribution is 8.13. The van der Waals surface area contributed by atoms with E-state index in [1.54, 1.807) is 17.8 Å². The summed E-state index contributed by atoms with van der Waals surface area (Å²) in [5.41, 5.74) is 0.946. The quantitative estimate of drug-likeness (QED) is 0.283. The predicted molar refractivity (Wildman–Crippen MR) is 73.4 cm³/mol. The lowest BCUT2D eigenvalue weighted by molar-refractivity contribution is 0.950. The topological polar surface area (TPSA) is 12.4 Å². The first-order valence-electron chi connectivity index (χ1n) is 4.92. The van der Waals surface area contributed by atoms with E-state index in [9.17, 15) is 0 Å². The van der Waals surface area contributed by atoms with Crippen LogP contribution in [0.4, 0.5) is 0 Å². The molecule has 0 rings (SSSR count). The van der Waals surface area contributed by atoms with Gasteiger partial charge in [-0.2, -0.15) is 0 Å². The van der Waals surface area contributed by atoms with Crippen molar-refractivity contribution < 1.29 is 0 Å². The average Bonchev–Trinajstić information content (AvgIpc) is 2.27. The molecule has 0 aromatic carbocycles. The van der Waals surface area contributed by atoms with Crippen LogP contribution in [0.5, 0.6) is 0 Å². The minimum Gasteiger partial charge on any atom is -0.250 e. The third-order valence-electron chi connectivity index (χ3n) is 1.93. The highest BCUT2D eigenvalue weighted by atomic mass is 32.2. The molecule has 0 unspecified atom stereocenters. The Morgan fingerprint density at radius 1 is 1.33 bits per heavy atom. The molecule has 0 radical (unpaired) electrons.